The van der Waals surface area contributed by atoms with Crippen molar-refractivity contribution in [3.8, 4) is 0 Å². The molecule has 0 fully saturated rings. The van der Waals surface area contributed by atoms with Gasteiger partial charge in [-0.15, -0.1) is 0 Å². The number of esters is 1. The summed E-state index contributed by atoms with van der Waals surface area (Å²) in [7, 11) is 1.15. The van der Waals surface area contributed by atoms with Crippen LogP contribution in [0.25, 0.3) is 10.8 Å². The summed E-state index contributed by atoms with van der Waals surface area (Å²) >= 11 is 0. The third-order valence-electron chi connectivity index (χ3n) is 5.72. The van der Waals surface area contributed by atoms with Crippen molar-refractivity contribution in [2.75, 3.05) is 12.0 Å². The first-order chi connectivity index (χ1) is 14.8. The largest absolute Gasteiger partial charge is 0.480 e. The van der Waals surface area contributed by atoms with Gasteiger partial charge < -0.3 is 20.5 Å². The number of fused-ring (bicyclic) bond motifs is 2. The lowest BCUT2D eigenvalue weighted by atomic mass is 9.88. The van der Waals surface area contributed by atoms with Gasteiger partial charge in [0.25, 0.3) is 0 Å². The minimum atomic E-state index is -1.30. The third-order valence-corrected chi connectivity index (χ3v) is 5.72. The number of halogens is 2. The zero-order valence-corrected chi connectivity index (χ0v) is 16.6. The van der Waals surface area contributed by atoms with E-state index in [1.165, 1.54) is 30.3 Å². The first kappa shape index (κ1) is 20.7. The van der Waals surface area contributed by atoms with Gasteiger partial charge in [-0.3, -0.25) is 4.79 Å². The number of methoxy groups -OCH3 is 1. The Labute approximate surface area is 176 Å². The fourth-order valence-electron chi connectivity index (χ4n) is 4.34. The third kappa shape index (κ3) is 3.59. The highest BCUT2D eigenvalue weighted by atomic mass is 19.1. The van der Waals surface area contributed by atoms with E-state index in [0.717, 1.165) is 12.5 Å². The van der Waals surface area contributed by atoms with E-state index in [1.807, 2.05) is 6.07 Å². The molecular weight excluding hydrogens is 406 g/mol. The molecule has 0 bridgehead atoms. The van der Waals surface area contributed by atoms with Crippen LogP contribution in [0.15, 0.2) is 54.6 Å². The average Bonchev–Trinajstić information content (AvgIpc) is 3.06. The van der Waals surface area contributed by atoms with Crippen molar-refractivity contribution in [2.45, 2.75) is 24.5 Å². The van der Waals surface area contributed by atoms with Crippen LogP contribution < -0.4 is 10.6 Å². The maximum atomic E-state index is 14.1. The highest BCUT2D eigenvalue weighted by molar-refractivity contribution is 5.90. The Morgan fingerprint density at radius 3 is 2.55 bits per heavy atom. The molecule has 0 aromatic heterocycles. The molecule has 3 aromatic rings. The van der Waals surface area contributed by atoms with Gasteiger partial charge in [0, 0.05) is 18.2 Å². The molecular formula is C23H20F2N2O4. The molecule has 160 valence electrons. The Hall–Kier alpha value is -3.52. The van der Waals surface area contributed by atoms with Crippen LogP contribution in [0.3, 0.4) is 0 Å². The zero-order valence-electron chi connectivity index (χ0n) is 16.6. The van der Waals surface area contributed by atoms with Gasteiger partial charge in [0.15, 0.2) is 0 Å². The molecule has 31 heavy (non-hydrogen) atoms. The number of nitrogens with two attached hydrogens (primary N) is 1. The predicted molar refractivity (Wildman–Crippen MR) is 111 cm³/mol. The van der Waals surface area contributed by atoms with Crippen molar-refractivity contribution in [1.82, 2.24) is 0 Å². The van der Waals surface area contributed by atoms with Gasteiger partial charge in [0.1, 0.15) is 23.7 Å². The Balaban J connectivity index is 1.85. The normalized spacial score (nSPS) is 18.6. The quantitative estimate of drug-likeness (QED) is 0.609. The molecule has 3 atom stereocenters. The number of ether oxygens (including phenoxy) is 1. The molecule has 0 radical (unpaired) electrons. The number of rotatable bonds is 5. The van der Waals surface area contributed by atoms with Crippen molar-refractivity contribution < 1.29 is 28.2 Å². The number of hydrogen-bond donors (Lipinski definition) is 2. The smallest absolute Gasteiger partial charge is 0.327 e. The van der Waals surface area contributed by atoms with Gasteiger partial charge >= 0.3 is 11.9 Å². The minimum Gasteiger partial charge on any atom is -0.480 e. The van der Waals surface area contributed by atoms with E-state index in [4.69, 9.17) is 10.5 Å². The van der Waals surface area contributed by atoms with E-state index in [2.05, 4.69) is 0 Å². The summed E-state index contributed by atoms with van der Waals surface area (Å²) in [5, 5.41) is 11.5. The summed E-state index contributed by atoms with van der Waals surface area (Å²) < 4.78 is 32.7. The number of nitrogens with zero attached hydrogens (tertiary/aromatic N) is 1. The lowest BCUT2D eigenvalue weighted by Gasteiger charge is -2.29. The maximum absolute atomic E-state index is 14.1. The minimum absolute atomic E-state index is 0.0980. The summed E-state index contributed by atoms with van der Waals surface area (Å²) in [5.41, 5.74) is 7.51. The highest BCUT2D eigenvalue weighted by Gasteiger charge is 2.48. The molecule has 0 aliphatic carbocycles. The first-order valence-corrected chi connectivity index (χ1v) is 9.61. The van der Waals surface area contributed by atoms with Gasteiger partial charge in [-0.2, -0.15) is 0 Å². The summed E-state index contributed by atoms with van der Waals surface area (Å²) in [4.78, 5) is 26.0. The predicted octanol–water partition coefficient (Wildman–Crippen LogP) is 3.18. The highest BCUT2D eigenvalue weighted by Crippen LogP contribution is 2.44. The fourth-order valence-corrected chi connectivity index (χ4v) is 4.34. The van der Waals surface area contributed by atoms with Gasteiger partial charge in [-0.1, -0.05) is 24.3 Å². The van der Waals surface area contributed by atoms with Crippen LogP contribution >= 0.6 is 0 Å². The number of carboxylic acid groups (broad SMARTS) is 1. The van der Waals surface area contributed by atoms with Gasteiger partial charge in [0.05, 0.1) is 7.11 Å². The molecule has 0 spiro atoms. The molecule has 0 saturated heterocycles. The van der Waals surface area contributed by atoms with Crippen LogP contribution in [-0.2, 0) is 20.9 Å². The molecule has 3 aromatic carbocycles. The summed E-state index contributed by atoms with van der Waals surface area (Å²) in [6.07, 6.45) is 0. The van der Waals surface area contributed by atoms with Crippen LogP contribution in [0.5, 0.6) is 0 Å². The standard InChI is InChI=1S/C23H20F2N2O4/c1-31-23(30)20(26)19-17-10-15(25)7-8-18(17)27(21(19)22(28)29)11-13-4-2-3-12-5-6-14(24)9-16(12)13/h2-10,19-21H,11,26H2,1H3,(H,28,29). The van der Waals surface area contributed by atoms with Gasteiger partial charge in [0.2, 0.25) is 0 Å². The van der Waals surface area contributed by atoms with E-state index in [1.54, 1.807) is 23.1 Å². The lowest BCUT2D eigenvalue weighted by molar-refractivity contribution is -0.144. The zero-order chi connectivity index (χ0) is 22.3. The van der Waals surface area contributed by atoms with Gasteiger partial charge in [-0.25, -0.2) is 13.6 Å². The summed E-state index contributed by atoms with van der Waals surface area (Å²) in [6.45, 7) is 0.0980. The van der Waals surface area contributed by atoms with E-state index < -0.39 is 41.6 Å². The monoisotopic (exact) mass is 426 g/mol. The van der Waals surface area contributed by atoms with Crippen LogP contribution in [0.1, 0.15) is 17.0 Å². The Morgan fingerprint density at radius 2 is 1.84 bits per heavy atom. The molecule has 0 saturated carbocycles. The topological polar surface area (TPSA) is 92.9 Å². The lowest BCUT2D eigenvalue weighted by Crippen LogP contribution is -2.49. The summed E-state index contributed by atoms with van der Waals surface area (Å²) in [6, 6.07) is 11.1. The first-order valence-electron chi connectivity index (χ1n) is 9.61. The molecule has 1 aliphatic rings. The Morgan fingerprint density at radius 1 is 1.13 bits per heavy atom. The molecule has 1 heterocycles. The number of benzene rings is 3. The summed E-state index contributed by atoms with van der Waals surface area (Å²) in [5.74, 6) is -4.02. The van der Waals surface area contributed by atoms with Crippen molar-refractivity contribution in [2.24, 2.45) is 5.73 Å². The van der Waals surface area contributed by atoms with Crippen molar-refractivity contribution >= 4 is 28.4 Å². The van der Waals surface area contributed by atoms with Crippen molar-refractivity contribution in [3.63, 3.8) is 0 Å². The van der Waals surface area contributed by atoms with E-state index in [-0.39, 0.29) is 6.54 Å². The van der Waals surface area contributed by atoms with Crippen molar-refractivity contribution in [3.05, 3.63) is 77.4 Å². The maximum Gasteiger partial charge on any atom is 0.327 e. The Bertz CT molecular complexity index is 1180. The fraction of sp³-hybridized carbons (Fsp3) is 0.217. The molecule has 0 amide bonds. The second-order valence-electron chi connectivity index (χ2n) is 7.47. The number of carboxylic acids is 1. The molecule has 6 nitrogen and oxygen atoms in total. The second kappa shape index (κ2) is 7.96. The van der Waals surface area contributed by atoms with E-state index >= 15 is 0 Å². The number of carbonyl (C=O) groups excluding carboxylic acids is 1. The van der Waals surface area contributed by atoms with Crippen LogP contribution in [0.4, 0.5) is 14.5 Å². The van der Waals surface area contributed by atoms with Gasteiger partial charge in [-0.05, 0) is 52.2 Å². The van der Waals surface area contributed by atoms with Crippen LogP contribution in [0.2, 0.25) is 0 Å². The molecule has 8 heteroatoms. The van der Waals surface area contributed by atoms with E-state index in [0.29, 0.717) is 22.2 Å². The second-order valence-corrected chi connectivity index (χ2v) is 7.47. The Kier molecular flexibility index (Phi) is 5.32. The molecule has 1 aliphatic heterocycles. The molecule has 3 N–H and O–H groups in total. The van der Waals surface area contributed by atoms with Crippen LogP contribution in [0, 0.1) is 11.6 Å². The van der Waals surface area contributed by atoms with Crippen LogP contribution in [-0.4, -0.2) is 36.2 Å². The molecule has 4 rings (SSSR count). The van der Waals surface area contributed by atoms with Crippen molar-refractivity contribution in [1.29, 1.82) is 0 Å². The SMILES string of the molecule is COC(=O)C(N)C1c2cc(F)ccc2N(Cc2cccc3ccc(F)cc23)C1C(=O)O. The number of hydrogen-bond acceptors (Lipinski definition) is 5. The van der Waals surface area contributed by atoms with E-state index in [9.17, 15) is 23.5 Å². The average molecular weight is 426 g/mol. The number of aliphatic carboxylic acids is 1. The number of anilines is 1. The molecule has 3 unspecified atom stereocenters. The number of carbonyl (C=O) groups is 2.